The number of rotatable bonds is 6. The van der Waals surface area contributed by atoms with E-state index in [1.165, 1.54) is 28.6 Å². The topological polar surface area (TPSA) is 118 Å². The number of ether oxygens (including phenoxy) is 2. The largest absolute Gasteiger partial charge is 0.439 e. The molecule has 1 fully saturated rings. The van der Waals surface area contributed by atoms with Crippen LogP contribution in [0.4, 0.5) is 0 Å². The lowest BCUT2D eigenvalue weighted by Gasteiger charge is -2.43. The van der Waals surface area contributed by atoms with Crippen LogP contribution in [0.1, 0.15) is 13.8 Å². The van der Waals surface area contributed by atoms with E-state index in [0.29, 0.717) is 22.6 Å². The van der Waals surface area contributed by atoms with Gasteiger partial charge in [0.1, 0.15) is 11.8 Å². The third kappa shape index (κ3) is 5.06. The summed E-state index contributed by atoms with van der Waals surface area (Å²) in [7, 11) is -3.28. The van der Waals surface area contributed by atoms with Gasteiger partial charge in [0.2, 0.25) is 14.7 Å². The maximum absolute atomic E-state index is 12.9. The van der Waals surface area contributed by atoms with Gasteiger partial charge in [0.05, 0.1) is 28.1 Å². The highest BCUT2D eigenvalue weighted by molar-refractivity contribution is 8.71. The molecule has 156 valence electrons. The Balaban J connectivity index is 1.77. The summed E-state index contributed by atoms with van der Waals surface area (Å²) in [6.07, 6.45) is 1.59. The molecule has 2 N–H and O–H groups in total. The number of hydrogen-bond acceptors (Lipinski definition) is 9. The van der Waals surface area contributed by atoms with Gasteiger partial charge in [-0.15, -0.1) is 0 Å². The Labute approximate surface area is 172 Å². The molecule has 2 heterocycles. The van der Waals surface area contributed by atoms with E-state index in [1.807, 2.05) is 0 Å². The number of hydrogen-bond donors (Lipinski definition) is 2. The van der Waals surface area contributed by atoms with Gasteiger partial charge in [-0.05, 0) is 44.2 Å². The van der Waals surface area contributed by atoms with Crippen molar-refractivity contribution in [3.8, 4) is 11.6 Å². The fraction of sp³-hybridized carbons (Fsp3) is 0.333. The lowest BCUT2D eigenvalue weighted by Crippen LogP contribution is -2.60. The Morgan fingerprint density at radius 3 is 2.66 bits per heavy atom. The molecule has 0 spiro atoms. The number of nitrogens with one attached hydrogen (secondary N) is 1. The Hall–Kier alpha value is -2.18. The molecule has 1 aromatic carbocycles. The zero-order valence-electron chi connectivity index (χ0n) is 15.8. The normalized spacial score (nSPS) is 19.5. The van der Waals surface area contributed by atoms with Crippen LogP contribution in [-0.4, -0.2) is 53.6 Å². The van der Waals surface area contributed by atoms with E-state index < -0.39 is 26.4 Å². The van der Waals surface area contributed by atoms with Gasteiger partial charge in [0.25, 0.3) is 5.91 Å². The average Bonchev–Trinajstić information content (AvgIpc) is 2.68. The average molecular weight is 440 g/mol. The van der Waals surface area contributed by atoms with Gasteiger partial charge in [-0.25, -0.2) is 23.2 Å². The van der Waals surface area contributed by atoms with Crippen molar-refractivity contribution in [3.05, 3.63) is 48.7 Å². The zero-order valence-corrected chi connectivity index (χ0v) is 17.4. The van der Waals surface area contributed by atoms with Crippen molar-refractivity contribution in [2.45, 2.75) is 30.4 Å². The first kappa shape index (κ1) is 21.5. The lowest BCUT2D eigenvalue weighted by molar-refractivity contribution is -0.153. The van der Waals surface area contributed by atoms with Crippen LogP contribution >= 0.6 is 11.0 Å². The molecule has 29 heavy (non-hydrogen) atoms. The number of amides is 1. The van der Waals surface area contributed by atoms with E-state index in [0.717, 1.165) is 0 Å². The van der Waals surface area contributed by atoms with E-state index in [9.17, 15) is 13.2 Å². The third-order valence-corrected chi connectivity index (χ3v) is 7.63. The van der Waals surface area contributed by atoms with Crippen molar-refractivity contribution < 1.29 is 27.9 Å². The molecule has 1 saturated heterocycles. The van der Waals surface area contributed by atoms with E-state index >= 15 is 0 Å². The van der Waals surface area contributed by atoms with Crippen LogP contribution in [-0.2, 0) is 18.4 Å². The Bertz CT molecular complexity index is 951. The molecule has 1 atom stereocenters. The highest BCUT2D eigenvalue weighted by Gasteiger charge is 2.45. The molecule has 1 aliphatic heterocycles. The molecule has 9 nitrogen and oxygen atoms in total. The highest BCUT2D eigenvalue weighted by atomic mass is 33.1. The van der Waals surface area contributed by atoms with Crippen molar-refractivity contribution in [3.63, 3.8) is 0 Å². The first-order valence-corrected chi connectivity index (χ1v) is 11.5. The molecule has 0 radical (unpaired) electrons. The SMILES string of the molecule is CC1(C)OCCN(SS(=O)(=O)c2ccc(Oc3ccccn3)cc2)C1C(=O)NO. The van der Waals surface area contributed by atoms with Crippen molar-refractivity contribution in [1.29, 1.82) is 0 Å². The number of morpholine rings is 1. The fourth-order valence-corrected chi connectivity index (χ4v) is 6.13. The number of hydroxylamine groups is 1. The number of carbonyl (C=O) groups is 1. The van der Waals surface area contributed by atoms with Crippen LogP contribution in [0.2, 0.25) is 0 Å². The number of benzene rings is 1. The van der Waals surface area contributed by atoms with Gasteiger partial charge in [-0.1, -0.05) is 6.07 Å². The molecule has 1 unspecified atom stereocenters. The van der Waals surface area contributed by atoms with Gasteiger partial charge < -0.3 is 9.47 Å². The number of pyridine rings is 1. The standard InChI is InChI=1S/C18H21N3O6S2/c1-18(2)16(17(22)20-23)21(11-12-26-18)28-29(24,25)14-8-6-13(7-9-14)27-15-5-3-4-10-19-15/h3-10,16,23H,11-12H2,1-2H3,(H,20,22). The fourth-order valence-electron chi connectivity index (χ4n) is 2.91. The molecular weight excluding hydrogens is 418 g/mol. The predicted molar refractivity (Wildman–Crippen MR) is 106 cm³/mol. The second-order valence-corrected chi connectivity index (χ2v) is 10.5. The Morgan fingerprint density at radius 1 is 1.31 bits per heavy atom. The maximum atomic E-state index is 12.9. The van der Waals surface area contributed by atoms with E-state index in [2.05, 4.69) is 4.98 Å². The lowest BCUT2D eigenvalue weighted by atomic mass is 9.96. The van der Waals surface area contributed by atoms with Crippen LogP contribution < -0.4 is 10.2 Å². The molecular formula is C18H21N3O6S2. The summed E-state index contributed by atoms with van der Waals surface area (Å²) in [6.45, 7) is 3.78. The molecule has 0 aliphatic carbocycles. The molecule has 0 saturated carbocycles. The first-order chi connectivity index (χ1) is 13.7. The smallest absolute Gasteiger partial charge is 0.264 e. The molecule has 2 aromatic rings. The van der Waals surface area contributed by atoms with Crippen LogP contribution in [0.3, 0.4) is 0 Å². The van der Waals surface area contributed by atoms with Gasteiger partial charge in [-0.2, -0.15) is 0 Å². The minimum atomic E-state index is -3.82. The number of nitrogens with zero attached hydrogens (tertiary/aromatic N) is 2. The van der Waals surface area contributed by atoms with E-state index in [-0.39, 0.29) is 18.0 Å². The summed E-state index contributed by atoms with van der Waals surface area (Å²) in [5.74, 6) is 0.0973. The zero-order chi connectivity index (χ0) is 21.1. The number of aromatic nitrogens is 1. The molecule has 1 aromatic heterocycles. The summed E-state index contributed by atoms with van der Waals surface area (Å²) in [4.78, 5) is 16.2. The molecule has 0 bridgehead atoms. The van der Waals surface area contributed by atoms with Gasteiger partial charge in [0, 0.05) is 18.8 Å². The first-order valence-electron chi connectivity index (χ1n) is 8.71. The van der Waals surface area contributed by atoms with Crippen molar-refractivity contribution in [2.24, 2.45) is 0 Å². The Morgan fingerprint density at radius 2 is 2.03 bits per heavy atom. The van der Waals surface area contributed by atoms with Crippen molar-refractivity contribution in [2.75, 3.05) is 13.2 Å². The summed E-state index contributed by atoms with van der Waals surface area (Å²) < 4.78 is 38.3. The minimum Gasteiger partial charge on any atom is -0.439 e. The Kier molecular flexibility index (Phi) is 6.44. The van der Waals surface area contributed by atoms with Crippen LogP contribution in [0.5, 0.6) is 11.6 Å². The van der Waals surface area contributed by atoms with Gasteiger partial charge in [0.15, 0.2) is 0 Å². The van der Waals surface area contributed by atoms with E-state index in [4.69, 9.17) is 14.7 Å². The van der Waals surface area contributed by atoms with Gasteiger partial charge in [-0.3, -0.25) is 10.0 Å². The second-order valence-electron chi connectivity index (χ2n) is 6.74. The summed E-state index contributed by atoms with van der Waals surface area (Å²) >= 11 is 0. The van der Waals surface area contributed by atoms with Crippen LogP contribution in [0, 0.1) is 0 Å². The maximum Gasteiger partial charge on any atom is 0.264 e. The van der Waals surface area contributed by atoms with Crippen LogP contribution in [0.25, 0.3) is 0 Å². The second kappa shape index (κ2) is 8.67. The summed E-state index contributed by atoms with van der Waals surface area (Å²) in [6, 6.07) is 10.1. The van der Waals surface area contributed by atoms with Gasteiger partial charge >= 0.3 is 0 Å². The number of carbonyl (C=O) groups excluding carboxylic acids is 1. The molecule has 1 aliphatic rings. The molecule has 3 rings (SSSR count). The summed E-state index contributed by atoms with van der Waals surface area (Å²) in [5, 5.41) is 9.04. The minimum absolute atomic E-state index is 0.0586. The van der Waals surface area contributed by atoms with Crippen molar-refractivity contribution >= 4 is 25.8 Å². The van der Waals surface area contributed by atoms with Crippen LogP contribution in [0.15, 0.2) is 53.6 Å². The summed E-state index contributed by atoms with van der Waals surface area (Å²) in [5.41, 5.74) is 0.607. The predicted octanol–water partition coefficient (Wildman–Crippen LogP) is 2.20. The quantitative estimate of drug-likeness (QED) is 0.302. The third-order valence-electron chi connectivity index (χ3n) is 4.26. The van der Waals surface area contributed by atoms with Crippen molar-refractivity contribution in [1.82, 2.24) is 14.8 Å². The monoisotopic (exact) mass is 439 g/mol. The molecule has 11 heteroatoms. The highest BCUT2D eigenvalue weighted by Crippen LogP contribution is 2.36. The molecule has 1 amide bonds. The van der Waals surface area contributed by atoms with E-state index in [1.54, 1.807) is 43.7 Å².